The molecule has 0 fully saturated rings. The Balaban J connectivity index is 2.34. The third kappa shape index (κ3) is 2.20. The first-order valence-electron chi connectivity index (χ1n) is 5.22. The van der Waals surface area contributed by atoms with Crippen molar-refractivity contribution >= 4 is 5.97 Å². The number of nitrogens with one attached hydrogen (secondary N) is 1. The Kier molecular flexibility index (Phi) is 2.49. The highest BCUT2D eigenvalue weighted by Gasteiger charge is 2.16. The third-order valence-corrected chi connectivity index (χ3v) is 2.37. The van der Waals surface area contributed by atoms with Crippen molar-refractivity contribution in [3.05, 3.63) is 24.2 Å². The molecule has 2 rings (SSSR count). The molecule has 0 unspecified atom stereocenters. The van der Waals surface area contributed by atoms with Crippen LogP contribution in [0, 0.1) is 0 Å². The van der Waals surface area contributed by atoms with Crippen molar-refractivity contribution in [2.45, 2.75) is 26.3 Å². The summed E-state index contributed by atoms with van der Waals surface area (Å²) in [5.74, 6) is -1.02. The van der Waals surface area contributed by atoms with E-state index in [2.05, 4.69) is 15.3 Å². The lowest BCUT2D eigenvalue weighted by Crippen LogP contribution is -2.21. The first kappa shape index (κ1) is 11.4. The number of rotatable bonds is 2. The fourth-order valence-electron chi connectivity index (χ4n) is 1.40. The van der Waals surface area contributed by atoms with Crippen LogP contribution in [-0.4, -0.2) is 31.1 Å². The summed E-state index contributed by atoms with van der Waals surface area (Å²) in [5.41, 5.74) is 1.34. The number of H-pyrrole nitrogens is 1. The van der Waals surface area contributed by atoms with Crippen molar-refractivity contribution in [2.75, 3.05) is 0 Å². The molecule has 0 saturated heterocycles. The minimum Gasteiger partial charge on any atom is -0.477 e. The molecule has 0 radical (unpaired) electrons. The zero-order chi connectivity index (χ0) is 12.6. The highest BCUT2D eigenvalue weighted by molar-refractivity contribution is 5.86. The molecule has 6 nitrogen and oxygen atoms in total. The SMILES string of the molecule is CC(C)(C)n1cc(-c2cc(C(=O)O)[nH]n2)cn1. The van der Waals surface area contributed by atoms with E-state index in [1.807, 2.05) is 31.6 Å². The molecule has 0 aromatic carbocycles. The molecule has 0 saturated carbocycles. The molecule has 6 heteroatoms. The first-order valence-corrected chi connectivity index (χ1v) is 5.22. The van der Waals surface area contributed by atoms with E-state index < -0.39 is 5.97 Å². The van der Waals surface area contributed by atoms with Crippen molar-refractivity contribution in [1.82, 2.24) is 20.0 Å². The molecule has 2 aromatic heterocycles. The summed E-state index contributed by atoms with van der Waals surface area (Å²) >= 11 is 0. The minimum absolute atomic E-state index is 0.0727. The highest BCUT2D eigenvalue weighted by Crippen LogP contribution is 2.20. The lowest BCUT2D eigenvalue weighted by molar-refractivity contribution is 0.0690. The summed E-state index contributed by atoms with van der Waals surface area (Å²) in [4.78, 5) is 10.7. The van der Waals surface area contributed by atoms with Gasteiger partial charge in [0.05, 0.1) is 17.4 Å². The molecule has 0 amide bonds. The molecule has 0 atom stereocenters. The number of hydrogen-bond acceptors (Lipinski definition) is 3. The smallest absolute Gasteiger partial charge is 0.353 e. The summed E-state index contributed by atoms with van der Waals surface area (Å²) in [6.45, 7) is 6.12. The Labute approximate surface area is 98.3 Å². The predicted molar refractivity (Wildman–Crippen MR) is 61.8 cm³/mol. The van der Waals surface area contributed by atoms with Gasteiger partial charge < -0.3 is 5.11 Å². The Bertz CT molecular complexity index is 548. The summed E-state index contributed by atoms with van der Waals surface area (Å²) < 4.78 is 1.82. The van der Waals surface area contributed by atoms with E-state index in [4.69, 9.17) is 5.11 Å². The van der Waals surface area contributed by atoms with Crippen LogP contribution in [0.1, 0.15) is 31.3 Å². The van der Waals surface area contributed by atoms with Gasteiger partial charge in [-0.15, -0.1) is 0 Å². The van der Waals surface area contributed by atoms with Gasteiger partial charge in [0.15, 0.2) is 0 Å². The third-order valence-electron chi connectivity index (χ3n) is 2.37. The summed E-state index contributed by atoms with van der Waals surface area (Å²) in [5, 5.41) is 19.4. The maximum absolute atomic E-state index is 10.7. The summed E-state index contributed by atoms with van der Waals surface area (Å²) in [6.07, 6.45) is 3.52. The zero-order valence-electron chi connectivity index (χ0n) is 9.93. The van der Waals surface area contributed by atoms with E-state index in [-0.39, 0.29) is 11.2 Å². The van der Waals surface area contributed by atoms with Crippen LogP contribution in [0.4, 0.5) is 0 Å². The van der Waals surface area contributed by atoms with Crippen LogP contribution in [0.25, 0.3) is 11.3 Å². The van der Waals surface area contributed by atoms with Crippen molar-refractivity contribution in [2.24, 2.45) is 0 Å². The maximum Gasteiger partial charge on any atom is 0.353 e. The Morgan fingerprint density at radius 3 is 2.65 bits per heavy atom. The van der Waals surface area contributed by atoms with Crippen molar-refractivity contribution in [3.63, 3.8) is 0 Å². The largest absolute Gasteiger partial charge is 0.477 e. The second kappa shape index (κ2) is 3.73. The molecule has 0 spiro atoms. The Morgan fingerprint density at radius 2 is 2.18 bits per heavy atom. The van der Waals surface area contributed by atoms with Gasteiger partial charge in [-0.1, -0.05) is 0 Å². The van der Waals surface area contributed by atoms with Crippen molar-refractivity contribution < 1.29 is 9.90 Å². The molecule has 0 aliphatic carbocycles. The van der Waals surface area contributed by atoms with E-state index in [0.717, 1.165) is 5.56 Å². The molecular weight excluding hydrogens is 220 g/mol. The number of nitrogens with zero attached hydrogens (tertiary/aromatic N) is 3. The van der Waals surface area contributed by atoms with Crippen LogP contribution in [-0.2, 0) is 5.54 Å². The number of carboxylic acids is 1. The molecule has 17 heavy (non-hydrogen) atoms. The minimum atomic E-state index is -1.02. The van der Waals surface area contributed by atoms with Gasteiger partial charge in [-0.2, -0.15) is 10.2 Å². The molecule has 0 bridgehead atoms. The van der Waals surface area contributed by atoms with Gasteiger partial charge >= 0.3 is 5.97 Å². The normalized spacial score (nSPS) is 11.7. The topological polar surface area (TPSA) is 83.8 Å². The molecular formula is C11H14N4O2. The number of aromatic carboxylic acids is 1. The summed E-state index contributed by atoms with van der Waals surface area (Å²) in [7, 11) is 0. The Hall–Kier alpha value is -2.11. The number of aromatic nitrogens is 4. The number of carboxylic acid groups (broad SMARTS) is 1. The molecule has 2 N–H and O–H groups in total. The molecule has 2 aromatic rings. The van der Waals surface area contributed by atoms with Gasteiger partial charge in [0.1, 0.15) is 5.69 Å². The number of aromatic amines is 1. The fraction of sp³-hybridized carbons (Fsp3) is 0.364. The average molecular weight is 234 g/mol. The fourth-order valence-corrected chi connectivity index (χ4v) is 1.40. The summed E-state index contributed by atoms with van der Waals surface area (Å²) in [6, 6.07) is 1.49. The van der Waals surface area contributed by atoms with E-state index >= 15 is 0 Å². The van der Waals surface area contributed by atoms with Gasteiger partial charge in [-0.25, -0.2) is 4.79 Å². The quantitative estimate of drug-likeness (QED) is 0.828. The second-order valence-corrected chi connectivity index (χ2v) is 4.82. The van der Waals surface area contributed by atoms with E-state index in [9.17, 15) is 4.79 Å². The molecule has 90 valence electrons. The number of carbonyl (C=O) groups is 1. The van der Waals surface area contributed by atoms with Gasteiger partial charge in [-0.05, 0) is 26.8 Å². The van der Waals surface area contributed by atoms with Crippen LogP contribution in [0.15, 0.2) is 18.5 Å². The number of hydrogen-bond donors (Lipinski definition) is 2. The Morgan fingerprint density at radius 1 is 1.47 bits per heavy atom. The van der Waals surface area contributed by atoms with Crippen LogP contribution < -0.4 is 0 Å². The molecule has 0 aliphatic heterocycles. The van der Waals surface area contributed by atoms with E-state index in [1.54, 1.807) is 6.20 Å². The molecule has 0 aliphatic rings. The first-order chi connectivity index (χ1) is 7.88. The second-order valence-electron chi connectivity index (χ2n) is 4.82. The van der Waals surface area contributed by atoms with Crippen molar-refractivity contribution in [1.29, 1.82) is 0 Å². The lowest BCUT2D eigenvalue weighted by atomic mass is 10.1. The lowest BCUT2D eigenvalue weighted by Gasteiger charge is -2.18. The van der Waals surface area contributed by atoms with Crippen LogP contribution in [0.5, 0.6) is 0 Å². The van der Waals surface area contributed by atoms with Gasteiger partial charge in [0.25, 0.3) is 0 Å². The van der Waals surface area contributed by atoms with Crippen LogP contribution in [0.2, 0.25) is 0 Å². The maximum atomic E-state index is 10.7. The van der Waals surface area contributed by atoms with Gasteiger partial charge in [-0.3, -0.25) is 9.78 Å². The van der Waals surface area contributed by atoms with Crippen LogP contribution in [0.3, 0.4) is 0 Å². The molecule has 2 heterocycles. The monoisotopic (exact) mass is 234 g/mol. The van der Waals surface area contributed by atoms with E-state index in [1.165, 1.54) is 6.07 Å². The van der Waals surface area contributed by atoms with E-state index in [0.29, 0.717) is 5.69 Å². The highest BCUT2D eigenvalue weighted by atomic mass is 16.4. The van der Waals surface area contributed by atoms with Gasteiger partial charge in [0.2, 0.25) is 0 Å². The standard InChI is InChI=1S/C11H14N4O2/c1-11(2,3)15-6-7(5-12-15)8-4-9(10(16)17)14-13-8/h4-6H,1-3H3,(H,13,14)(H,16,17). The van der Waals surface area contributed by atoms with Crippen molar-refractivity contribution in [3.8, 4) is 11.3 Å². The predicted octanol–water partition coefficient (Wildman–Crippen LogP) is 1.73. The van der Waals surface area contributed by atoms with Crippen LogP contribution >= 0.6 is 0 Å². The average Bonchev–Trinajstić information content (AvgIpc) is 2.85. The zero-order valence-corrected chi connectivity index (χ0v) is 9.93. The van der Waals surface area contributed by atoms with Gasteiger partial charge in [0, 0.05) is 11.8 Å².